The largest absolute Gasteiger partial charge is 0.352 e. The molecule has 152 valence electrons. The van der Waals surface area contributed by atoms with E-state index in [-0.39, 0.29) is 34.1 Å². The fraction of sp³-hybridized carbons (Fsp3) is 0.350. The summed E-state index contributed by atoms with van der Waals surface area (Å²) < 4.78 is 27.6. The van der Waals surface area contributed by atoms with Crippen LogP contribution in [0, 0.1) is 6.92 Å². The highest BCUT2D eigenvalue weighted by molar-refractivity contribution is 7.92. The van der Waals surface area contributed by atoms with Crippen LogP contribution in [0.25, 0.3) is 0 Å². The minimum Gasteiger partial charge on any atom is -0.352 e. The number of nitrogens with one attached hydrogen (secondary N) is 1. The molecule has 2 aromatic carbocycles. The molecular formula is C20H24Cl2N2O3S. The molecule has 0 radical (unpaired) electrons. The van der Waals surface area contributed by atoms with Crippen LogP contribution in [0.5, 0.6) is 0 Å². The summed E-state index contributed by atoms with van der Waals surface area (Å²) in [5, 5.41) is 3.35. The predicted octanol–water partition coefficient (Wildman–Crippen LogP) is 4.80. The summed E-state index contributed by atoms with van der Waals surface area (Å²) in [6.07, 6.45) is 1.73. The summed E-state index contributed by atoms with van der Waals surface area (Å²) in [6, 6.07) is 10.9. The SMILES string of the molecule is CCC[C@H](C)NC(=O)CN(c1ccc(Cl)c(Cl)c1)S(=O)(=O)c1ccc(C)cc1. The van der Waals surface area contributed by atoms with Crippen molar-refractivity contribution in [2.45, 2.75) is 44.6 Å². The molecule has 0 saturated carbocycles. The molecule has 0 heterocycles. The number of hydrogen-bond donors (Lipinski definition) is 1. The lowest BCUT2D eigenvalue weighted by molar-refractivity contribution is -0.120. The van der Waals surface area contributed by atoms with Crippen LogP contribution in [0.2, 0.25) is 10.0 Å². The predicted molar refractivity (Wildman–Crippen MR) is 115 cm³/mol. The van der Waals surface area contributed by atoms with Gasteiger partial charge in [0, 0.05) is 6.04 Å². The minimum absolute atomic E-state index is 0.0461. The quantitative estimate of drug-likeness (QED) is 0.637. The highest BCUT2D eigenvalue weighted by Crippen LogP contribution is 2.30. The van der Waals surface area contributed by atoms with E-state index in [0.717, 1.165) is 22.7 Å². The van der Waals surface area contributed by atoms with Gasteiger partial charge in [-0.05, 0) is 50.6 Å². The van der Waals surface area contributed by atoms with Gasteiger partial charge in [0.1, 0.15) is 6.54 Å². The van der Waals surface area contributed by atoms with Crippen molar-refractivity contribution in [3.8, 4) is 0 Å². The Morgan fingerprint density at radius 1 is 1.11 bits per heavy atom. The first-order chi connectivity index (χ1) is 13.1. The maximum Gasteiger partial charge on any atom is 0.264 e. The zero-order valence-electron chi connectivity index (χ0n) is 16.1. The Morgan fingerprint density at radius 2 is 1.75 bits per heavy atom. The molecule has 28 heavy (non-hydrogen) atoms. The molecule has 0 aliphatic carbocycles. The van der Waals surface area contributed by atoms with Crippen molar-refractivity contribution < 1.29 is 13.2 Å². The van der Waals surface area contributed by atoms with Crippen LogP contribution < -0.4 is 9.62 Å². The van der Waals surface area contributed by atoms with Crippen LogP contribution >= 0.6 is 23.2 Å². The van der Waals surface area contributed by atoms with Gasteiger partial charge in [-0.15, -0.1) is 0 Å². The molecular weight excluding hydrogens is 419 g/mol. The van der Waals surface area contributed by atoms with Crippen molar-refractivity contribution in [2.24, 2.45) is 0 Å². The number of sulfonamides is 1. The zero-order valence-corrected chi connectivity index (χ0v) is 18.4. The van der Waals surface area contributed by atoms with E-state index >= 15 is 0 Å². The first kappa shape index (κ1) is 22.5. The Balaban J connectivity index is 2.42. The molecule has 1 atom stereocenters. The zero-order chi connectivity index (χ0) is 20.9. The first-order valence-electron chi connectivity index (χ1n) is 8.99. The second-order valence-corrected chi connectivity index (χ2v) is 9.36. The van der Waals surface area contributed by atoms with E-state index in [2.05, 4.69) is 5.32 Å². The van der Waals surface area contributed by atoms with Gasteiger partial charge in [0.05, 0.1) is 20.6 Å². The third-order valence-electron chi connectivity index (χ3n) is 4.22. The van der Waals surface area contributed by atoms with E-state index in [1.165, 1.54) is 30.3 Å². The number of amides is 1. The van der Waals surface area contributed by atoms with Crippen LogP contribution in [0.3, 0.4) is 0 Å². The average Bonchev–Trinajstić information content (AvgIpc) is 2.62. The Kier molecular flexibility index (Phi) is 7.75. The summed E-state index contributed by atoms with van der Waals surface area (Å²) in [5.74, 6) is -0.386. The summed E-state index contributed by atoms with van der Waals surface area (Å²) in [6.45, 7) is 5.42. The maximum atomic E-state index is 13.3. The third kappa shape index (κ3) is 5.63. The number of benzene rings is 2. The van der Waals surface area contributed by atoms with Gasteiger partial charge >= 0.3 is 0 Å². The lowest BCUT2D eigenvalue weighted by Crippen LogP contribution is -2.43. The van der Waals surface area contributed by atoms with Crippen LogP contribution in [0.15, 0.2) is 47.4 Å². The Hall–Kier alpha value is -1.76. The van der Waals surface area contributed by atoms with E-state index in [0.29, 0.717) is 5.02 Å². The number of aryl methyl sites for hydroxylation is 1. The molecule has 1 N–H and O–H groups in total. The van der Waals surface area contributed by atoms with Gasteiger partial charge in [0.15, 0.2) is 0 Å². The summed E-state index contributed by atoms with van der Waals surface area (Å²) in [7, 11) is -3.97. The number of hydrogen-bond acceptors (Lipinski definition) is 3. The number of rotatable bonds is 8. The van der Waals surface area contributed by atoms with Gasteiger partial charge in [-0.3, -0.25) is 9.10 Å². The van der Waals surface area contributed by atoms with E-state index in [9.17, 15) is 13.2 Å². The molecule has 1 amide bonds. The third-order valence-corrected chi connectivity index (χ3v) is 6.74. The summed E-state index contributed by atoms with van der Waals surface area (Å²) in [4.78, 5) is 12.6. The van der Waals surface area contributed by atoms with Crippen molar-refractivity contribution in [1.82, 2.24) is 5.32 Å². The smallest absolute Gasteiger partial charge is 0.264 e. The van der Waals surface area contributed by atoms with Crippen LogP contribution in [0.4, 0.5) is 5.69 Å². The van der Waals surface area contributed by atoms with E-state index in [4.69, 9.17) is 23.2 Å². The Morgan fingerprint density at radius 3 is 2.32 bits per heavy atom. The second-order valence-electron chi connectivity index (χ2n) is 6.68. The van der Waals surface area contributed by atoms with Gasteiger partial charge in [0.2, 0.25) is 5.91 Å². The molecule has 5 nitrogen and oxygen atoms in total. The van der Waals surface area contributed by atoms with Crippen molar-refractivity contribution in [1.29, 1.82) is 0 Å². The molecule has 0 unspecified atom stereocenters. The molecule has 2 rings (SSSR count). The topological polar surface area (TPSA) is 66.5 Å². The van der Waals surface area contributed by atoms with Gasteiger partial charge in [-0.25, -0.2) is 8.42 Å². The molecule has 0 fully saturated rings. The van der Waals surface area contributed by atoms with E-state index in [1.807, 2.05) is 20.8 Å². The number of nitrogens with zero attached hydrogens (tertiary/aromatic N) is 1. The van der Waals surface area contributed by atoms with E-state index < -0.39 is 10.0 Å². The van der Waals surface area contributed by atoms with Gasteiger partial charge in [0.25, 0.3) is 10.0 Å². The maximum absolute atomic E-state index is 13.3. The standard InChI is InChI=1S/C20H24Cl2N2O3S/c1-4-5-15(3)23-20(25)13-24(16-8-11-18(21)19(22)12-16)28(26,27)17-9-6-14(2)7-10-17/h6-12,15H,4-5,13H2,1-3H3,(H,23,25)/t15-/m0/s1. The fourth-order valence-electron chi connectivity index (χ4n) is 2.75. The van der Waals surface area contributed by atoms with Crippen LogP contribution in [-0.4, -0.2) is 26.9 Å². The number of anilines is 1. The average molecular weight is 443 g/mol. The van der Waals surface area contributed by atoms with Gasteiger partial charge in [-0.1, -0.05) is 54.2 Å². The van der Waals surface area contributed by atoms with Crippen molar-refractivity contribution in [2.75, 3.05) is 10.8 Å². The van der Waals surface area contributed by atoms with Crippen molar-refractivity contribution in [3.63, 3.8) is 0 Å². The lowest BCUT2D eigenvalue weighted by atomic mass is 10.2. The first-order valence-corrected chi connectivity index (χ1v) is 11.2. The van der Waals surface area contributed by atoms with Crippen LogP contribution in [0.1, 0.15) is 32.3 Å². The van der Waals surface area contributed by atoms with Gasteiger partial charge < -0.3 is 5.32 Å². The van der Waals surface area contributed by atoms with E-state index in [1.54, 1.807) is 12.1 Å². The van der Waals surface area contributed by atoms with Gasteiger partial charge in [-0.2, -0.15) is 0 Å². The molecule has 0 spiro atoms. The molecule has 2 aromatic rings. The lowest BCUT2D eigenvalue weighted by Gasteiger charge is -2.25. The summed E-state index contributed by atoms with van der Waals surface area (Å²) in [5.41, 5.74) is 1.21. The number of carbonyl (C=O) groups is 1. The fourth-order valence-corrected chi connectivity index (χ4v) is 4.45. The number of carbonyl (C=O) groups excluding carboxylic acids is 1. The van der Waals surface area contributed by atoms with Crippen molar-refractivity contribution in [3.05, 3.63) is 58.1 Å². The highest BCUT2D eigenvalue weighted by Gasteiger charge is 2.28. The molecule has 8 heteroatoms. The Labute approximate surface area is 176 Å². The molecule has 0 aromatic heterocycles. The summed E-state index contributed by atoms with van der Waals surface area (Å²) >= 11 is 12.0. The molecule has 0 bridgehead atoms. The normalized spacial score (nSPS) is 12.5. The molecule has 0 aliphatic rings. The van der Waals surface area contributed by atoms with Crippen molar-refractivity contribution >= 4 is 44.8 Å². The van der Waals surface area contributed by atoms with Crippen LogP contribution in [-0.2, 0) is 14.8 Å². The Bertz CT molecular complexity index is 931. The number of halogens is 2. The monoisotopic (exact) mass is 442 g/mol. The molecule has 0 aliphatic heterocycles. The highest BCUT2D eigenvalue weighted by atomic mass is 35.5. The molecule has 0 saturated heterocycles. The minimum atomic E-state index is -3.97. The second kappa shape index (κ2) is 9.63.